The molecule has 0 spiro atoms. The van der Waals surface area contributed by atoms with E-state index in [0.717, 1.165) is 17.1 Å². The van der Waals surface area contributed by atoms with Crippen molar-refractivity contribution in [2.45, 2.75) is 12.3 Å². The fourth-order valence-corrected chi connectivity index (χ4v) is 3.04. The molecule has 0 unspecified atom stereocenters. The molecule has 0 radical (unpaired) electrons. The van der Waals surface area contributed by atoms with Gasteiger partial charge in [-0.15, -0.1) is 11.8 Å². The van der Waals surface area contributed by atoms with Crippen molar-refractivity contribution in [1.29, 1.82) is 0 Å². The molecular formula is C18H21NO2S. The number of carbonyl (C=O) groups is 1. The lowest BCUT2D eigenvalue weighted by molar-refractivity contribution is -0.127. The number of benzene rings is 2. The summed E-state index contributed by atoms with van der Waals surface area (Å²) < 4.78 is 5.32. The van der Waals surface area contributed by atoms with Crippen LogP contribution >= 0.6 is 11.8 Å². The first-order valence-corrected chi connectivity index (χ1v) is 8.33. The van der Waals surface area contributed by atoms with Crippen LogP contribution in [0.5, 0.6) is 5.75 Å². The van der Waals surface area contributed by atoms with Gasteiger partial charge in [0.05, 0.1) is 12.9 Å². The zero-order valence-corrected chi connectivity index (χ0v) is 13.8. The van der Waals surface area contributed by atoms with Crippen molar-refractivity contribution < 1.29 is 9.53 Å². The molecule has 0 atom stereocenters. The number of carbonyl (C=O) groups excluding carboxylic acids is 1. The van der Waals surface area contributed by atoms with Crippen LogP contribution in [0.3, 0.4) is 0 Å². The Labute approximate surface area is 136 Å². The second kappa shape index (κ2) is 8.49. The van der Waals surface area contributed by atoms with Crippen molar-refractivity contribution in [3.05, 3.63) is 65.7 Å². The molecule has 0 aliphatic rings. The summed E-state index contributed by atoms with van der Waals surface area (Å²) >= 11 is 1.64. The van der Waals surface area contributed by atoms with Gasteiger partial charge in [-0.1, -0.05) is 48.5 Å². The van der Waals surface area contributed by atoms with Crippen molar-refractivity contribution in [3.63, 3.8) is 0 Å². The molecule has 0 bridgehead atoms. The lowest BCUT2D eigenvalue weighted by atomic mass is 10.2. The first kappa shape index (κ1) is 16.4. The summed E-state index contributed by atoms with van der Waals surface area (Å²) in [5.74, 6) is 2.29. The third kappa shape index (κ3) is 4.81. The lowest BCUT2D eigenvalue weighted by Gasteiger charge is -2.18. The molecule has 0 aliphatic carbocycles. The van der Waals surface area contributed by atoms with E-state index in [0.29, 0.717) is 12.3 Å². The van der Waals surface area contributed by atoms with Gasteiger partial charge < -0.3 is 9.64 Å². The van der Waals surface area contributed by atoms with Gasteiger partial charge in [-0.3, -0.25) is 4.79 Å². The molecule has 0 saturated heterocycles. The Morgan fingerprint density at radius 2 is 1.77 bits per heavy atom. The minimum absolute atomic E-state index is 0.131. The summed E-state index contributed by atoms with van der Waals surface area (Å²) in [5.41, 5.74) is 2.27. The zero-order valence-electron chi connectivity index (χ0n) is 13.0. The smallest absolute Gasteiger partial charge is 0.232 e. The molecule has 3 nitrogen and oxygen atoms in total. The Bertz CT molecular complexity index is 601. The molecule has 0 heterocycles. The van der Waals surface area contributed by atoms with Gasteiger partial charge in [0, 0.05) is 24.9 Å². The van der Waals surface area contributed by atoms with Crippen molar-refractivity contribution in [2.75, 3.05) is 19.9 Å². The summed E-state index contributed by atoms with van der Waals surface area (Å²) in [4.78, 5) is 13.9. The van der Waals surface area contributed by atoms with Gasteiger partial charge in [0.2, 0.25) is 5.91 Å². The first-order valence-electron chi connectivity index (χ1n) is 7.18. The van der Waals surface area contributed by atoms with Crippen LogP contribution in [0.25, 0.3) is 0 Å². The van der Waals surface area contributed by atoms with Gasteiger partial charge in [-0.2, -0.15) is 0 Å². The van der Waals surface area contributed by atoms with Crippen LogP contribution in [0, 0.1) is 0 Å². The maximum absolute atomic E-state index is 12.2. The monoisotopic (exact) mass is 315 g/mol. The normalized spacial score (nSPS) is 10.3. The maximum Gasteiger partial charge on any atom is 0.232 e. The molecule has 0 aliphatic heterocycles. The van der Waals surface area contributed by atoms with E-state index in [1.165, 1.54) is 5.56 Å². The number of amides is 1. The Kier molecular flexibility index (Phi) is 6.34. The molecule has 2 rings (SSSR count). The van der Waals surface area contributed by atoms with Crippen LogP contribution < -0.4 is 4.74 Å². The van der Waals surface area contributed by atoms with Crippen molar-refractivity contribution in [1.82, 2.24) is 4.90 Å². The number of hydrogen-bond acceptors (Lipinski definition) is 3. The summed E-state index contributed by atoms with van der Waals surface area (Å²) in [7, 11) is 3.48. The first-order chi connectivity index (χ1) is 10.7. The number of hydrogen-bond donors (Lipinski definition) is 0. The molecule has 0 aromatic heterocycles. The number of nitrogens with zero attached hydrogens (tertiary/aromatic N) is 1. The maximum atomic E-state index is 12.2. The predicted molar refractivity (Wildman–Crippen MR) is 92.1 cm³/mol. The average molecular weight is 315 g/mol. The highest BCUT2D eigenvalue weighted by molar-refractivity contribution is 7.99. The number of thioether (sulfide) groups is 1. The molecule has 2 aromatic rings. The van der Waals surface area contributed by atoms with E-state index in [1.807, 2.05) is 49.5 Å². The van der Waals surface area contributed by atoms with E-state index in [4.69, 9.17) is 4.74 Å². The quantitative estimate of drug-likeness (QED) is 0.782. The summed E-state index contributed by atoms with van der Waals surface area (Å²) in [6.45, 7) is 0.564. The van der Waals surface area contributed by atoms with Crippen LogP contribution in [-0.2, 0) is 17.1 Å². The molecule has 1 amide bonds. The predicted octanol–water partition coefficient (Wildman–Crippen LogP) is 3.59. The minimum atomic E-state index is 0.131. The molecule has 22 heavy (non-hydrogen) atoms. The van der Waals surface area contributed by atoms with Crippen LogP contribution in [0.4, 0.5) is 0 Å². The van der Waals surface area contributed by atoms with E-state index >= 15 is 0 Å². The SMILES string of the molecule is COc1ccccc1CN(C)C(=O)CSCc1ccccc1. The number of para-hydroxylation sites is 1. The van der Waals surface area contributed by atoms with Gasteiger partial charge in [0.1, 0.15) is 5.75 Å². The van der Waals surface area contributed by atoms with E-state index in [2.05, 4.69) is 12.1 Å². The molecular weight excluding hydrogens is 294 g/mol. The number of ether oxygens (including phenoxy) is 1. The Morgan fingerprint density at radius 3 is 2.50 bits per heavy atom. The van der Waals surface area contributed by atoms with E-state index in [-0.39, 0.29) is 5.91 Å². The highest BCUT2D eigenvalue weighted by atomic mass is 32.2. The van der Waals surface area contributed by atoms with Crippen molar-refractivity contribution in [3.8, 4) is 5.75 Å². The fourth-order valence-electron chi connectivity index (χ4n) is 2.12. The molecule has 0 fully saturated rings. The number of methoxy groups -OCH3 is 1. The second-order valence-electron chi connectivity index (χ2n) is 5.04. The van der Waals surface area contributed by atoms with E-state index in [9.17, 15) is 4.79 Å². The standard InChI is InChI=1S/C18H21NO2S/c1-19(12-16-10-6-7-11-17(16)21-2)18(20)14-22-13-15-8-4-3-5-9-15/h3-11H,12-14H2,1-2H3. The van der Waals surface area contributed by atoms with Crippen LogP contribution in [0.15, 0.2) is 54.6 Å². The van der Waals surface area contributed by atoms with Gasteiger partial charge in [-0.05, 0) is 11.6 Å². The molecule has 116 valence electrons. The van der Waals surface area contributed by atoms with Crippen LogP contribution in [0.2, 0.25) is 0 Å². The fraction of sp³-hybridized carbons (Fsp3) is 0.278. The van der Waals surface area contributed by atoms with Gasteiger partial charge >= 0.3 is 0 Å². The summed E-state index contributed by atoms with van der Waals surface area (Å²) in [6, 6.07) is 18.0. The van der Waals surface area contributed by atoms with Gasteiger partial charge in [0.15, 0.2) is 0 Å². The lowest BCUT2D eigenvalue weighted by Crippen LogP contribution is -2.28. The minimum Gasteiger partial charge on any atom is -0.496 e. The van der Waals surface area contributed by atoms with Crippen LogP contribution in [0.1, 0.15) is 11.1 Å². The second-order valence-corrected chi connectivity index (χ2v) is 6.03. The Balaban J connectivity index is 1.82. The average Bonchev–Trinajstić information content (AvgIpc) is 2.56. The molecule has 0 saturated carbocycles. The highest BCUT2D eigenvalue weighted by Gasteiger charge is 2.11. The topological polar surface area (TPSA) is 29.5 Å². The van der Waals surface area contributed by atoms with Gasteiger partial charge in [-0.25, -0.2) is 0 Å². The largest absolute Gasteiger partial charge is 0.496 e. The molecule has 0 N–H and O–H groups in total. The number of rotatable bonds is 7. The highest BCUT2D eigenvalue weighted by Crippen LogP contribution is 2.19. The van der Waals surface area contributed by atoms with E-state index < -0.39 is 0 Å². The van der Waals surface area contributed by atoms with Crippen molar-refractivity contribution >= 4 is 17.7 Å². The van der Waals surface area contributed by atoms with E-state index in [1.54, 1.807) is 23.8 Å². The molecule has 2 aromatic carbocycles. The summed E-state index contributed by atoms with van der Waals surface area (Å²) in [6.07, 6.45) is 0. The van der Waals surface area contributed by atoms with Crippen molar-refractivity contribution in [2.24, 2.45) is 0 Å². The molecule has 4 heteroatoms. The zero-order chi connectivity index (χ0) is 15.8. The third-order valence-electron chi connectivity index (χ3n) is 3.36. The van der Waals surface area contributed by atoms with Crippen LogP contribution in [-0.4, -0.2) is 30.7 Å². The Hall–Kier alpha value is -1.94. The third-order valence-corrected chi connectivity index (χ3v) is 4.35. The van der Waals surface area contributed by atoms with Gasteiger partial charge in [0.25, 0.3) is 0 Å². The summed E-state index contributed by atoms with van der Waals surface area (Å²) in [5, 5.41) is 0. The Morgan fingerprint density at radius 1 is 1.09 bits per heavy atom.